The number of nitrogens with one attached hydrogen (secondary N) is 2. The van der Waals surface area contributed by atoms with Gasteiger partial charge in [-0.15, -0.1) is 0 Å². The van der Waals surface area contributed by atoms with Crippen LogP contribution in [0.5, 0.6) is 0 Å². The number of hydrogen-bond acceptors (Lipinski definition) is 5. The average molecular weight is 300 g/mol. The van der Waals surface area contributed by atoms with Crippen molar-refractivity contribution >= 4 is 22.4 Å². The van der Waals surface area contributed by atoms with Crippen LogP contribution in [0.25, 0.3) is 10.9 Å². The fraction of sp³-hybridized carbons (Fsp3) is 0.438. The van der Waals surface area contributed by atoms with Crippen molar-refractivity contribution < 1.29 is 4.92 Å². The first-order valence-electron chi connectivity index (χ1n) is 7.72. The Morgan fingerprint density at radius 3 is 3.05 bits per heavy atom. The Bertz CT molecular complexity index is 668. The number of aromatic nitrogens is 1. The van der Waals surface area contributed by atoms with E-state index >= 15 is 0 Å². The Labute approximate surface area is 129 Å². The summed E-state index contributed by atoms with van der Waals surface area (Å²) in [5.74, 6) is 1.56. The van der Waals surface area contributed by atoms with Crippen molar-refractivity contribution in [3.8, 4) is 0 Å². The van der Waals surface area contributed by atoms with Crippen molar-refractivity contribution in [3.63, 3.8) is 0 Å². The summed E-state index contributed by atoms with van der Waals surface area (Å²) in [6.07, 6.45) is 3.69. The number of nitro benzene ring substituents is 1. The van der Waals surface area contributed by atoms with Crippen LogP contribution in [0, 0.1) is 16.0 Å². The molecule has 2 aromatic rings. The molecule has 0 radical (unpaired) electrons. The van der Waals surface area contributed by atoms with Crippen LogP contribution in [-0.2, 0) is 0 Å². The van der Waals surface area contributed by atoms with E-state index in [1.165, 1.54) is 18.9 Å². The SMILES string of the molecule is O=[N+]([O-])c1ccc2nc(NCCC3CCCNC3)ccc2c1. The quantitative estimate of drug-likeness (QED) is 0.655. The van der Waals surface area contributed by atoms with E-state index in [1.807, 2.05) is 12.1 Å². The summed E-state index contributed by atoms with van der Waals surface area (Å²) < 4.78 is 0. The van der Waals surface area contributed by atoms with Crippen molar-refractivity contribution in [1.29, 1.82) is 0 Å². The van der Waals surface area contributed by atoms with Gasteiger partial charge in [0.15, 0.2) is 0 Å². The molecule has 0 aliphatic carbocycles. The molecule has 1 aromatic heterocycles. The molecule has 6 nitrogen and oxygen atoms in total. The number of nitrogens with zero attached hydrogens (tertiary/aromatic N) is 2. The van der Waals surface area contributed by atoms with Crippen LogP contribution >= 0.6 is 0 Å². The minimum atomic E-state index is -0.385. The molecule has 2 heterocycles. The molecule has 116 valence electrons. The van der Waals surface area contributed by atoms with Crippen LogP contribution in [0.1, 0.15) is 19.3 Å². The van der Waals surface area contributed by atoms with E-state index < -0.39 is 0 Å². The fourth-order valence-electron chi connectivity index (χ4n) is 2.90. The lowest BCUT2D eigenvalue weighted by atomic mass is 9.96. The lowest BCUT2D eigenvalue weighted by molar-refractivity contribution is -0.384. The summed E-state index contributed by atoms with van der Waals surface area (Å²) in [5.41, 5.74) is 0.870. The molecule has 1 atom stereocenters. The summed E-state index contributed by atoms with van der Waals surface area (Å²) in [5, 5.41) is 18.3. The van der Waals surface area contributed by atoms with Gasteiger partial charge in [-0.05, 0) is 56.5 Å². The van der Waals surface area contributed by atoms with Crippen LogP contribution in [0.15, 0.2) is 30.3 Å². The second-order valence-electron chi connectivity index (χ2n) is 5.76. The summed E-state index contributed by atoms with van der Waals surface area (Å²) in [7, 11) is 0. The third kappa shape index (κ3) is 3.51. The van der Waals surface area contributed by atoms with Gasteiger partial charge >= 0.3 is 0 Å². The number of pyridine rings is 1. The van der Waals surface area contributed by atoms with Crippen LogP contribution in [0.2, 0.25) is 0 Å². The molecule has 3 rings (SSSR count). The Balaban J connectivity index is 1.62. The summed E-state index contributed by atoms with van der Waals surface area (Å²) in [6.45, 7) is 3.15. The van der Waals surface area contributed by atoms with Crippen molar-refractivity contribution in [3.05, 3.63) is 40.4 Å². The van der Waals surface area contributed by atoms with Crippen LogP contribution in [0.3, 0.4) is 0 Å². The highest BCUT2D eigenvalue weighted by molar-refractivity contribution is 5.82. The van der Waals surface area contributed by atoms with E-state index in [-0.39, 0.29) is 10.6 Å². The highest BCUT2D eigenvalue weighted by Crippen LogP contribution is 2.21. The molecule has 0 saturated carbocycles. The molecular weight excluding hydrogens is 280 g/mol. The Morgan fingerprint density at radius 2 is 2.27 bits per heavy atom. The summed E-state index contributed by atoms with van der Waals surface area (Å²) in [4.78, 5) is 14.9. The largest absolute Gasteiger partial charge is 0.370 e. The predicted molar refractivity (Wildman–Crippen MR) is 87.1 cm³/mol. The zero-order chi connectivity index (χ0) is 15.4. The van der Waals surface area contributed by atoms with E-state index in [0.717, 1.165) is 48.7 Å². The Hall–Kier alpha value is -2.21. The lowest BCUT2D eigenvalue weighted by Crippen LogP contribution is -2.30. The van der Waals surface area contributed by atoms with E-state index in [9.17, 15) is 10.1 Å². The van der Waals surface area contributed by atoms with Gasteiger partial charge in [0, 0.05) is 24.1 Å². The topological polar surface area (TPSA) is 80.1 Å². The smallest absolute Gasteiger partial charge is 0.270 e. The summed E-state index contributed by atoms with van der Waals surface area (Å²) >= 11 is 0. The molecule has 1 fully saturated rings. The normalized spacial score (nSPS) is 18.3. The number of anilines is 1. The van der Waals surface area contributed by atoms with Gasteiger partial charge < -0.3 is 10.6 Å². The van der Waals surface area contributed by atoms with Gasteiger partial charge in [0.2, 0.25) is 0 Å². The van der Waals surface area contributed by atoms with Gasteiger partial charge in [-0.2, -0.15) is 0 Å². The molecule has 1 aromatic carbocycles. The zero-order valence-corrected chi connectivity index (χ0v) is 12.4. The maximum absolute atomic E-state index is 10.8. The third-order valence-electron chi connectivity index (χ3n) is 4.14. The molecule has 2 N–H and O–H groups in total. The van der Waals surface area contributed by atoms with Gasteiger partial charge in [0.1, 0.15) is 5.82 Å². The molecular formula is C16H20N4O2. The maximum atomic E-state index is 10.8. The molecule has 1 aliphatic heterocycles. The molecule has 22 heavy (non-hydrogen) atoms. The molecule has 1 saturated heterocycles. The maximum Gasteiger partial charge on any atom is 0.270 e. The monoisotopic (exact) mass is 300 g/mol. The fourth-order valence-corrected chi connectivity index (χ4v) is 2.90. The highest BCUT2D eigenvalue weighted by atomic mass is 16.6. The van der Waals surface area contributed by atoms with Crippen molar-refractivity contribution in [2.75, 3.05) is 25.0 Å². The first-order chi connectivity index (χ1) is 10.7. The zero-order valence-electron chi connectivity index (χ0n) is 12.4. The lowest BCUT2D eigenvalue weighted by Gasteiger charge is -2.22. The number of fused-ring (bicyclic) bond motifs is 1. The van der Waals surface area contributed by atoms with Crippen molar-refractivity contribution in [1.82, 2.24) is 10.3 Å². The molecule has 0 amide bonds. The molecule has 0 bridgehead atoms. The molecule has 1 unspecified atom stereocenters. The van der Waals surface area contributed by atoms with E-state index in [1.54, 1.807) is 12.1 Å². The number of rotatable bonds is 5. The van der Waals surface area contributed by atoms with Crippen LogP contribution < -0.4 is 10.6 Å². The number of piperidine rings is 1. The van der Waals surface area contributed by atoms with Gasteiger partial charge in [-0.1, -0.05) is 0 Å². The number of nitro groups is 1. The number of benzene rings is 1. The van der Waals surface area contributed by atoms with E-state index in [4.69, 9.17) is 0 Å². The van der Waals surface area contributed by atoms with Crippen LogP contribution in [-0.4, -0.2) is 29.5 Å². The molecule has 6 heteroatoms. The first-order valence-corrected chi connectivity index (χ1v) is 7.72. The van der Waals surface area contributed by atoms with Gasteiger partial charge in [-0.3, -0.25) is 10.1 Å². The predicted octanol–water partition coefficient (Wildman–Crippen LogP) is 2.94. The minimum absolute atomic E-state index is 0.0970. The van der Waals surface area contributed by atoms with Gasteiger partial charge in [-0.25, -0.2) is 4.98 Å². The standard InChI is InChI=1S/C16H20N4O2/c21-20(22)14-4-5-15-13(10-14)3-6-16(19-15)18-9-7-12-2-1-8-17-11-12/h3-6,10,12,17H,1-2,7-9,11H2,(H,18,19). The van der Waals surface area contributed by atoms with Crippen LogP contribution in [0.4, 0.5) is 11.5 Å². The molecule has 1 aliphatic rings. The number of hydrogen-bond donors (Lipinski definition) is 2. The minimum Gasteiger partial charge on any atom is -0.370 e. The Kier molecular flexibility index (Phi) is 4.48. The average Bonchev–Trinajstić information content (AvgIpc) is 2.55. The van der Waals surface area contributed by atoms with Gasteiger partial charge in [0.25, 0.3) is 5.69 Å². The highest BCUT2D eigenvalue weighted by Gasteiger charge is 2.12. The second-order valence-corrected chi connectivity index (χ2v) is 5.76. The number of non-ortho nitro benzene ring substituents is 1. The Morgan fingerprint density at radius 1 is 1.36 bits per heavy atom. The van der Waals surface area contributed by atoms with E-state index in [2.05, 4.69) is 15.6 Å². The molecule has 0 spiro atoms. The summed E-state index contributed by atoms with van der Waals surface area (Å²) in [6, 6.07) is 8.50. The first kappa shape index (κ1) is 14.7. The van der Waals surface area contributed by atoms with Crippen molar-refractivity contribution in [2.45, 2.75) is 19.3 Å². The van der Waals surface area contributed by atoms with Crippen molar-refractivity contribution in [2.24, 2.45) is 5.92 Å². The van der Waals surface area contributed by atoms with E-state index in [0.29, 0.717) is 0 Å². The second kappa shape index (κ2) is 6.70. The third-order valence-corrected chi connectivity index (χ3v) is 4.14. The van der Waals surface area contributed by atoms with Gasteiger partial charge in [0.05, 0.1) is 10.4 Å².